The van der Waals surface area contributed by atoms with Crippen molar-refractivity contribution in [3.05, 3.63) is 54.1 Å². The minimum Gasteiger partial charge on any atom is -0.324 e. The standard InChI is InChI=1S/C18H20N2O/c1-12-10-17(19)16-11-15(14-6-4-3-5-7-14)8-9-18(16)20(12)13(2)21/h3-9,11-12,17H,10,19H2,1-2H3/t12-,17+/m1/s1. The van der Waals surface area contributed by atoms with Crippen LogP contribution in [0.25, 0.3) is 11.1 Å². The zero-order valence-electron chi connectivity index (χ0n) is 12.4. The molecule has 2 aromatic carbocycles. The van der Waals surface area contributed by atoms with Gasteiger partial charge in [0, 0.05) is 24.7 Å². The molecule has 3 nitrogen and oxygen atoms in total. The van der Waals surface area contributed by atoms with Crippen LogP contribution in [0.4, 0.5) is 5.69 Å². The van der Waals surface area contributed by atoms with Gasteiger partial charge < -0.3 is 10.6 Å². The lowest BCUT2D eigenvalue weighted by atomic mass is 9.90. The van der Waals surface area contributed by atoms with Crippen LogP contribution in [0, 0.1) is 0 Å². The molecular formula is C18H20N2O. The Morgan fingerprint density at radius 1 is 1.14 bits per heavy atom. The molecule has 0 fully saturated rings. The van der Waals surface area contributed by atoms with E-state index in [-0.39, 0.29) is 18.0 Å². The van der Waals surface area contributed by atoms with Crippen molar-refractivity contribution in [2.24, 2.45) is 5.73 Å². The molecule has 3 rings (SSSR count). The Kier molecular flexibility index (Phi) is 3.52. The highest BCUT2D eigenvalue weighted by Crippen LogP contribution is 2.38. The first-order valence-corrected chi connectivity index (χ1v) is 7.32. The van der Waals surface area contributed by atoms with Gasteiger partial charge in [-0.2, -0.15) is 0 Å². The molecule has 0 aromatic heterocycles. The van der Waals surface area contributed by atoms with Gasteiger partial charge >= 0.3 is 0 Å². The van der Waals surface area contributed by atoms with Crippen LogP contribution in [0.2, 0.25) is 0 Å². The average Bonchev–Trinajstić information content (AvgIpc) is 2.47. The van der Waals surface area contributed by atoms with Crippen molar-refractivity contribution in [1.29, 1.82) is 0 Å². The monoisotopic (exact) mass is 280 g/mol. The first-order chi connectivity index (χ1) is 10.1. The number of nitrogens with two attached hydrogens (primary N) is 1. The maximum Gasteiger partial charge on any atom is 0.224 e. The summed E-state index contributed by atoms with van der Waals surface area (Å²) >= 11 is 0. The lowest BCUT2D eigenvalue weighted by molar-refractivity contribution is -0.117. The van der Waals surface area contributed by atoms with Crippen LogP contribution in [0.1, 0.15) is 31.9 Å². The predicted molar refractivity (Wildman–Crippen MR) is 86.0 cm³/mol. The zero-order valence-corrected chi connectivity index (χ0v) is 12.4. The molecule has 0 radical (unpaired) electrons. The first-order valence-electron chi connectivity index (χ1n) is 7.32. The van der Waals surface area contributed by atoms with Crippen molar-refractivity contribution in [2.45, 2.75) is 32.4 Å². The summed E-state index contributed by atoms with van der Waals surface area (Å²) in [6.45, 7) is 3.66. The molecule has 0 aliphatic carbocycles. The predicted octanol–water partition coefficient (Wildman–Crippen LogP) is 3.50. The van der Waals surface area contributed by atoms with Gasteiger partial charge in [-0.25, -0.2) is 0 Å². The second-order valence-electron chi connectivity index (χ2n) is 5.72. The maximum absolute atomic E-state index is 11.9. The van der Waals surface area contributed by atoms with Crippen LogP contribution in [-0.4, -0.2) is 11.9 Å². The molecule has 3 heteroatoms. The van der Waals surface area contributed by atoms with E-state index in [1.807, 2.05) is 29.2 Å². The Labute approximate surface area is 125 Å². The number of hydrogen-bond donors (Lipinski definition) is 1. The number of anilines is 1. The lowest BCUT2D eigenvalue weighted by Gasteiger charge is -2.37. The highest BCUT2D eigenvalue weighted by molar-refractivity contribution is 5.94. The molecular weight excluding hydrogens is 260 g/mol. The molecule has 1 aliphatic rings. The number of amides is 1. The van der Waals surface area contributed by atoms with Crippen molar-refractivity contribution in [3.8, 4) is 11.1 Å². The fraction of sp³-hybridized carbons (Fsp3) is 0.278. The van der Waals surface area contributed by atoms with Crippen molar-refractivity contribution in [1.82, 2.24) is 0 Å². The normalized spacial score (nSPS) is 21.0. The van der Waals surface area contributed by atoms with Gasteiger partial charge in [0.25, 0.3) is 0 Å². The fourth-order valence-corrected chi connectivity index (χ4v) is 3.20. The Morgan fingerprint density at radius 3 is 2.52 bits per heavy atom. The minimum absolute atomic E-state index is 0.0192. The summed E-state index contributed by atoms with van der Waals surface area (Å²) in [7, 11) is 0. The number of hydrogen-bond acceptors (Lipinski definition) is 2. The third-order valence-electron chi connectivity index (χ3n) is 4.17. The van der Waals surface area contributed by atoms with Gasteiger partial charge in [0.1, 0.15) is 0 Å². The lowest BCUT2D eigenvalue weighted by Crippen LogP contribution is -2.43. The summed E-state index contributed by atoms with van der Waals surface area (Å²) in [5.41, 5.74) is 10.6. The molecule has 0 saturated carbocycles. The Morgan fingerprint density at radius 2 is 1.86 bits per heavy atom. The Hall–Kier alpha value is -2.13. The minimum atomic E-state index is -0.0192. The van der Waals surface area contributed by atoms with Crippen molar-refractivity contribution in [3.63, 3.8) is 0 Å². The van der Waals surface area contributed by atoms with Crippen LogP contribution >= 0.6 is 0 Å². The van der Waals surface area contributed by atoms with Gasteiger partial charge in [-0.05, 0) is 42.2 Å². The Bertz CT molecular complexity index is 666. The SMILES string of the molecule is CC(=O)N1c2ccc(-c3ccccc3)cc2[C@@H](N)C[C@H]1C. The summed E-state index contributed by atoms with van der Waals surface area (Å²) in [4.78, 5) is 13.8. The van der Waals surface area contributed by atoms with E-state index in [2.05, 4.69) is 31.2 Å². The number of carbonyl (C=O) groups is 1. The van der Waals surface area contributed by atoms with E-state index in [1.165, 1.54) is 5.56 Å². The molecule has 2 N–H and O–H groups in total. The Balaban J connectivity index is 2.10. The molecule has 2 aromatic rings. The molecule has 108 valence electrons. The van der Waals surface area contributed by atoms with E-state index in [1.54, 1.807) is 6.92 Å². The second-order valence-corrected chi connectivity index (χ2v) is 5.72. The third-order valence-corrected chi connectivity index (χ3v) is 4.17. The summed E-state index contributed by atoms with van der Waals surface area (Å²) in [5.74, 6) is 0.0723. The van der Waals surface area contributed by atoms with Crippen LogP contribution in [-0.2, 0) is 4.79 Å². The molecule has 1 heterocycles. The van der Waals surface area contributed by atoms with E-state index >= 15 is 0 Å². The van der Waals surface area contributed by atoms with E-state index < -0.39 is 0 Å². The van der Waals surface area contributed by atoms with Crippen LogP contribution in [0.15, 0.2) is 48.5 Å². The van der Waals surface area contributed by atoms with Crippen LogP contribution in [0.3, 0.4) is 0 Å². The summed E-state index contributed by atoms with van der Waals surface area (Å²) in [6.07, 6.45) is 0.796. The molecule has 2 atom stereocenters. The van der Waals surface area contributed by atoms with Crippen LogP contribution < -0.4 is 10.6 Å². The molecule has 21 heavy (non-hydrogen) atoms. The molecule has 0 unspecified atom stereocenters. The third kappa shape index (κ3) is 2.45. The van der Waals surface area contributed by atoms with E-state index in [9.17, 15) is 4.79 Å². The van der Waals surface area contributed by atoms with Gasteiger partial charge in [0.05, 0.1) is 0 Å². The quantitative estimate of drug-likeness (QED) is 0.869. The molecule has 0 spiro atoms. The molecule has 1 aliphatic heterocycles. The molecule has 1 amide bonds. The van der Waals surface area contributed by atoms with Gasteiger partial charge in [0.2, 0.25) is 5.91 Å². The topological polar surface area (TPSA) is 46.3 Å². The van der Waals surface area contributed by atoms with E-state index in [4.69, 9.17) is 5.73 Å². The van der Waals surface area contributed by atoms with Gasteiger partial charge in [-0.15, -0.1) is 0 Å². The van der Waals surface area contributed by atoms with Crippen LogP contribution in [0.5, 0.6) is 0 Å². The van der Waals surface area contributed by atoms with Gasteiger partial charge in [-0.3, -0.25) is 4.79 Å². The highest BCUT2D eigenvalue weighted by Gasteiger charge is 2.30. The summed E-state index contributed by atoms with van der Waals surface area (Å²) < 4.78 is 0. The number of rotatable bonds is 1. The van der Waals surface area contributed by atoms with E-state index in [0.717, 1.165) is 23.2 Å². The van der Waals surface area contributed by atoms with Crippen molar-refractivity contribution >= 4 is 11.6 Å². The molecule has 0 saturated heterocycles. The van der Waals surface area contributed by atoms with Gasteiger partial charge in [0.15, 0.2) is 0 Å². The average molecular weight is 280 g/mol. The fourth-order valence-electron chi connectivity index (χ4n) is 3.20. The first kappa shape index (κ1) is 13.8. The van der Waals surface area contributed by atoms with Crippen molar-refractivity contribution in [2.75, 3.05) is 4.90 Å². The van der Waals surface area contributed by atoms with E-state index in [0.29, 0.717) is 0 Å². The molecule has 0 bridgehead atoms. The maximum atomic E-state index is 11.9. The summed E-state index contributed by atoms with van der Waals surface area (Å²) in [6, 6.07) is 16.6. The number of nitrogens with zero attached hydrogens (tertiary/aromatic N) is 1. The number of benzene rings is 2. The number of fused-ring (bicyclic) bond motifs is 1. The smallest absolute Gasteiger partial charge is 0.224 e. The highest BCUT2D eigenvalue weighted by atomic mass is 16.2. The zero-order chi connectivity index (χ0) is 15.0. The van der Waals surface area contributed by atoms with Gasteiger partial charge in [-0.1, -0.05) is 36.4 Å². The largest absolute Gasteiger partial charge is 0.324 e. The van der Waals surface area contributed by atoms with Crippen molar-refractivity contribution < 1.29 is 4.79 Å². The number of carbonyl (C=O) groups excluding carboxylic acids is 1. The summed E-state index contributed by atoms with van der Waals surface area (Å²) in [5, 5.41) is 0. The second kappa shape index (κ2) is 5.34.